The number of ether oxygens (including phenoxy) is 1. The number of esters is 1. The summed E-state index contributed by atoms with van der Waals surface area (Å²) in [6.07, 6.45) is 5.04. The summed E-state index contributed by atoms with van der Waals surface area (Å²) >= 11 is 1.16. The van der Waals surface area contributed by atoms with Crippen LogP contribution in [-0.4, -0.2) is 36.5 Å². The van der Waals surface area contributed by atoms with Crippen molar-refractivity contribution in [2.75, 3.05) is 5.75 Å². The van der Waals surface area contributed by atoms with Gasteiger partial charge >= 0.3 is 11.7 Å². The zero-order valence-electron chi connectivity index (χ0n) is 18.0. The van der Waals surface area contributed by atoms with Gasteiger partial charge in [-0.25, -0.2) is 14.2 Å². The average molecular weight is 461 g/mol. The average Bonchev–Trinajstić information content (AvgIpc) is 3.15. The summed E-state index contributed by atoms with van der Waals surface area (Å²) in [6, 6.07) is 5.94. The number of aryl methyl sites for hydroxylation is 1. The highest BCUT2D eigenvalue weighted by molar-refractivity contribution is 7.99. The summed E-state index contributed by atoms with van der Waals surface area (Å²) in [4.78, 5) is 42.2. The van der Waals surface area contributed by atoms with Gasteiger partial charge in [0.1, 0.15) is 11.9 Å². The fourth-order valence-corrected chi connectivity index (χ4v) is 4.76. The molecule has 1 aromatic carbocycles. The predicted octanol–water partition coefficient (Wildman–Crippen LogP) is 2.59. The third-order valence-corrected chi connectivity index (χ3v) is 6.69. The van der Waals surface area contributed by atoms with Crippen molar-refractivity contribution in [1.29, 1.82) is 0 Å². The first kappa shape index (κ1) is 22.3. The zero-order valence-corrected chi connectivity index (χ0v) is 18.9. The molecule has 3 aromatic rings. The Morgan fingerprint density at radius 3 is 2.50 bits per heavy atom. The van der Waals surface area contributed by atoms with Gasteiger partial charge in [-0.1, -0.05) is 30.3 Å². The van der Waals surface area contributed by atoms with E-state index in [1.807, 2.05) is 0 Å². The Labute approximate surface area is 188 Å². The maximum absolute atomic E-state index is 13.3. The minimum absolute atomic E-state index is 0.0389. The van der Waals surface area contributed by atoms with Crippen LogP contribution in [0.25, 0.3) is 11.2 Å². The molecule has 0 unspecified atom stereocenters. The zero-order chi connectivity index (χ0) is 22.8. The lowest BCUT2D eigenvalue weighted by Crippen LogP contribution is -2.37. The van der Waals surface area contributed by atoms with E-state index in [4.69, 9.17) is 4.74 Å². The highest BCUT2D eigenvalue weighted by Gasteiger charge is 2.22. The minimum atomic E-state index is -0.484. The summed E-state index contributed by atoms with van der Waals surface area (Å²) in [5, 5.41) is 0.420. The lowest BCUT2D eigenvalue weighted by Gasteiger charge is -2.21. The number of hydrogen-bond acceptors (Lipinski definition) is 6. The number of carbonyl (C=O) groups is 1. The lowest BCUT2D eigenvalue weighted by atomic mass is 9.98. The first-order valence-corrected chi connectivity index (χ1v) is 11.6. The third kappa shape index (κ3) is 4.50. The van der Waals surface area contributed by atoms with E-state index >= 15 is 0 Å². The molecule has 0 N–H and O–H groups in total. The van der Waals surface area contributed by atoms with Gasteiger partial charge in [0.25, 0.3) is 5.56 Å². The van der Waals surface area contributed by atoms with Crippen molar-refractivity contribution in [2.24, 2.45) is 14.1 Å². The maximum Gasteiger partial charge on any atom is 0.332 e. The molecule has 8 nitrogen and oxygen atoms in total. The second-order valence-corrected chi connectivity index (χ2v) is 8.97. The summed E-state index contributed by atoms with van der Waals surface area (Å²) in [6.45, 7) is 0.240. The number of imidazole rings is 1. The molecule has 1 saturated carbocycles. The van der Waals surface area contributed by atoms with Crippen LogP contribution in [0.3, 0.4) is 0 Å². The van der Waals surface area contributed by atoms with Gasteiger partial charge in [-0.2, -0.15) is 0 Å². The number of aromatic nitrogens is 4. The fourth-order valence-electron chi connectivity index (χ4n) is 3.98. The van der Waals surface area contributed by atoms with E-state index in [9.17, 15) is 18.8 Å². The number of carbonyl (C=O) groups excluding carboxylic acids is 1. The Bertz CT molecular complexity index is 1260. The van der Waals surface area contributed by atoms with Gasteiger partial charge in [0.05, 0.1) is 12.3 Å². The molecule has 1 aliphatic carbocycles. The molecule has 1 aliphatic rings. The van der Waals surface area contributed by atoms with Crippen LogP contribution in [0.4, 0.5) is 4.39 Å². The molecule has 32 heavy (non-hydrogen) atoms. The normalized spacial score (nSPS) is 14.7. The van der Waals surface area contributed by atoms with Crippen molar-refractivity contribution >= 4 is 28.9 Å². The summed E-state index contributed by atoms with van der Waals surface area (Å²) in [5.41, 5.74) is 0.287. The number of benzene rings is 1. The van der Waals surface area contributed by atoms with Crippen LogP contribution >= 0.6 is 11.8 Å². The highest BCUT2D eigenvalue weighted by atomic mass is 32.2. The molecule has 2 heterocycles. The Morgan fingerprint density at radius 2 is 1.81 bits per heavy atom. The predicted molar refractivity (Wildman–Crippen MR) is 119 cm³/mol. The lowest BCUT2D eigenvalue weighted by molar-refractivity contribution is -0.147. The molecule has 0 aliphatic heterocycles. The second kappa shape index (κ2) is 9.32. The standard InChI is InChI=1S/C22H25FN4O4S/c1-25-19-18(20(29)26(2)22(25)30)27(12-14-8-10-15(23)11-9-14)21(24-19)32-13-17(28)31-16-6-4-3-5-7-16/h8-11,16H,3-7,12-13H2,1-2H3. The third-order valence-electron chi connectivity index (χ3n) is 5.74. The van der Waals surface area contributed by atoms with Crippen LogP contribution in [0, 0.1) is 5.82 Å². The Kier molecular flexibility index (Phi) is 6.50. The highest BCUT2D eigenvalue weighted by Crippen LogP contribution is 2.25. The van der Waals surface area contributed by atoms with Gasteiger partial charge in [0.15, 0.2) is 16.3 Å². The first-order chi connectivity index (χ1) is 15.3. The monoisotopic (exact) mass is 460 g/mol. The molecular formula is C22H25FN4O4S. The van der Waals surface area contributed by atoms with Gasteiger partial charge in [0, 0.05) is 14.1 Å². The molecule has 170 valence electrons. The fraction of sp³-hybridized carbons (Fsp3) is 0.455. The molecule has 0 radical (unpaired) electrons. The van der Waals surface area contributed by atoms with E-state index in [0.29, 0.717) is 5.16 Å². The summed E-state index contributed by atoms with van der Waals surface area (Å²) in [7, 11) is 2.96. The second-order valence-electron chi connectivity index (χ2n) is 8.02. The molecule has 0 spiro atoms. The number of nitrogens with zero attached hydrogens (tertiary/aromatic N) is 4. The van der Waals surface area contributed by atoms with Crippen molar-refractivity contribution in [3.8, 4) is 0 Å². The van der Waals surface area contributed by atoms with Crippen molar-refractivity contribution in [3.63, 3.8) is 0 Å². The van der Waals surface area contributed by atoms with E-state index in [1.165, 1.54) is 30.2 Å². The summed E-state index contributed by atoms with van der Waals surface area (Å²) in [5.74, 6) is -0.649. The number of fused-ring (bicyclic) bond motifs is 1. The first-order valence-electron chi connectivity index (χ1n) is 10.6. The Balaban J connectivity index is 1.67. The van der Waals surface area contributed by atoms with Gasteiger partial charge < -0.3 is 9.30 Å². The van der Waals surface area contributed by atoms with E-state index < -0.39 is 11.2 Å². The topological polar surface area (TPSA) is 88.1 Å². The number of rotatable bonds is 6. The largest absolute Gasteiger partial charge is 0.462 e. The SMILES string of the molecule is Cn1c(=O)c2c(nc(SCC(=O)OC3CCCCC3)n2Cc2ccc(F)cc2)n(C)c1=O. The Hall–Kier alpha value is -2.88. The van der Waals surface area contributed by atoms with Gasteiger partial charge in [-0.15, -0.1) is 0 Å². The minimum Gasteiger partial charge on any atom is -0.462 e. The van der Waals surface area contributed by atoms with E-state index in [2.05, 4.69) is 4.98 Å². The molecule has 2 aromatic heterocycles. The number of halogens is 1. The van der Waals surface area contributed by atoms with Crippen LogP contribution in [0.5, 0.6) is 0 Å². The van der Waals surface area contributed by atoms with E-state index in [1.54, 1.807) is 23.7 Å². The van der Waals surface area contributed by atoms with E-state index in [-0.39, 0.29) is 41.4 Å². The van der Waals surface area contributed by atoms with Crippen LogP contribution in [0.2, 0.25) is 0 Å². The Morgan fingerprint density at radius 1 is 1.12 bits per heavy atom. The molecule has 0 atom stereocenters. The number of thioether (sulfide) groups is 1. The molecule has 10 heteroatoms. The van der Waals surface area contributed by atoms with Crippen LogP contribution in [0.1, 0.15) is 37.7 Å². The van der Waals surface area contributed by atoms with Crippen LogP contribution < -0.4 is 11.2 Å². The van der Waals surface area contributed by atoms with Crippen molar-refractivity contribution in [3.05, 3.63) is 56.5 Å². The van der Waals surface area contributed by atoms with Crippen molar-refractivity contribution in [2.45, 2.75) is 49.9 Å². The molecule has 0 bridgehead atoms. The molecule has 1 fully saturated rings. The van der Waals surface area contributed by atoms with Crippen molar-refractivity contribution in [1.82, 2.24) is 18.7 Å². The molecular weight excluding hydrogens is 435 g/mol. The maximum atomic E-state index is 13.3. The van der Waals surface area contributed by atoms with Crippen LogP contribution in [0.15, 0.2) is 39.0 Å². The quantitative estimate of drug-likeness (QED) is 0.415. The molecule has 0 amide bonds. The van der Waals surface area contributed by atoms with Gasteiger partial charge in [-0.05, 0) is 43.4 Å². The van der Waals surface area contributed by atoms with Crippen LogP contribution in [-0.2, 0) is 30.2 Å². The molecule has 4 rings (SSSR count). The van der Waals surface area contributed by atoms with Gasteiger partial charge in [-0.3, -0.25) is 18.7 Å². The summed E-state index contributed by atoms with van der Waals surface area (Å²) < 4.78 is 22.9. The van der Waals surface area contributed by atoms with Crippen molar-refractivity contribution < 1.29 is 13.9 Å². The van der Waals surface area contributed by atoms with E-state index in [0.717, 1.165) is 47.6 Å². The number of hydrogen-bond donors (Lipinski definition) is 0. The molecule has 0 saturated heterocycles. The van der Waals surface area contributed by atoms with Gasteiger partial charge in [0.2, 0.25) is 0 Å². The smallest absolute Gasteiger partial charge is 0.332 e.